The van der Waals surface area contributed by atoms with Crippen LogP contribution in [0.4, 0.5) is 0 Å². The molecule has 112 valence electrons. The van der Waals surface area contributed by atoms with E-state index in [1.54, 1.807) is 0 Å². The van der Waals surface area contributed by atoms with Gasteiger partial charge in [-0.15, -0.1) is 0 Å². The summed E-state index contributed by atoms with van der Waals surface area (Å²) in [4.78, 5) is 0. The summed E-state index contributed by atoms with van der Waals surface area (Å²) >= 11 is 8.56. The molecular formula is C16H23ClINO. The summed E-state index contributed by atoms with van der Waals surface area (Å²) in [5, 5.41) is 4.54. The molecule has 1 saturated heterocycles. The number of rotatable bonds is 6. The van der Waals surface area contributed by atoms with Gasteiger partial charge in [0.1, 0.15) is 0 Å². The molecule has 2 rings (SSSR count). The molecule has 1 fully saturated rings. The highest BCUT2D eigenvalue weighted by molar-refractivity contribution is 14.1. The minimum Gasteiger partial charge on any atom is -0.381 e. The summed E-state index contributed by atoms with van der Waals surface area (Å²) in [6, 6.07) is 6.85. The first-order valence-corrected chi connectivity index (χ1v) is 8.92. The van der Waals surface area contributed by atoms with E-state index in [1.807, 2.05) is 0 Å². The molecule has 1 N–H and O–H groups in total. The van der Waals surface area contributed by atoms with Gasteiger partial charge in [-0.1, -0.05) is 24.6 Å². The molecule has 1 aromatic carbocycles. The highest BCUT2D eigenvalue weighted by Crippen LogP contribution is 2.30. The molecular weight excluding hydrogens is 385 g/mol. The van der Waals surface area contributed by atoms with Crippen molar-refractivity contribution in [2.45, 2.75) is 38.6 Å². The highest BCUT2D eigenvalue weighted by Gasteiger charge is 2.20. The predicted molar refractivity (Wildman–Crippen MR) is 93.4 cm³/mol. The zero-order valence-corrected chi connectivity index (χ0v) is 14.9. The summed E-state index contributed by atoms with van der Waals surface area (Å²) in [5.74, 6) is 0.760. The molecule has 1 aromatic rings. The van der Waals surface area contributed by atoms with Crippen LogP contribution in [-0.4, -0.2) is 19.8 Å². The van der Waals surface area contributed by atoms with Crippen molar-refractivity contribution in [2.75, 3.05) is 19.8 Å². The fourth-order valence-corrected chi connectivity index (χ4v) is 3.22. The first kappa shape index (κ1) is 16.5. The lowest BCUT2D eigenvalue weighted by Gasteiger charge is -2.28. The minimum absolute atomic E-state index is 0.410. The van der Waals surface area contributed by atoms with Crippen molar-refractivity contribution in [3.8, 4) is 0 Å². The van der Waals surface area contributed by atoms with Crippen molar-refractivity contribution in [3.05, 3.63) is 32.4 Å². The Morgan fingerprint density at radius 2 is 2.15 bits per heavy atom. The van der Waals surface area contributed by atoms with E-state index in [-0.39, 0.29) is 0 Å². The summed E-state index contributed by atoms with van der Waals surface area (Å²) in [5.41, 5.74) is 1.32. The Morgan fingerprint density at radius 1 is 1.40 bits per heavy atom. The predicted octanol–water partition coefficient (Wildman–Crippen LogP) is 4.80. The van der Waals surface area contributed by atoms with Crippen LogP contribution >= 0.6 is 34.2 Å². The van der Waals surface area contributed by atoms with Crippen LogP contribution in [0.2, 0.25) is 5.02 Å². The van der Waals surface area contributed by atoms with E-state index in [0.29, 0.717) is 6.04 Å². The van der Waals surface area contributed by atoms with Crippen molar-refractivity contribution in [1.29, 1.82) is 0 Å². The van der Waals surface area contributed by atoms with Crippen molar-refractivity contribution >= 4 is 34.2 Å². The van der Waals surface area contributed by atoms with Crippen LogP contribution in [0, 0.1) is 9.49 Å². The average Bonchev–Trinajstić information content (AvgIpc) is 2.47. The molecule has 1 aliphatic heterocycles. The van der Waals surface area contributed by atoms with Crippen LogP contribution in [0.15, 0.2) is 18.2 Å². The van der Waals surface area contributed by atoms with Crippen LogP contribution in [-0.2, 0) is 4.74 Å². The van der Waals surface area contributed by atoms with Crippen molar-refractivity contribution in [2.24, 2.45) is 5.92 Å². The Bertz CT molecular complexity index is 421. The van der Waals surface area contributed by atoms with Gasteiger partial charge in [0.15, 0.2) is 0 Å². The molecule has 1 unspecified atom stereocenters. The molecule has 0 aromatic heterocycles. The lowest BCUT2D eigenvalue weighted by atomic mass is 9.89. The number of benzene rings is 1. The lowest BCUT2D eigenvalue weighted by Crippen LogP contribution is -2.27. The largest absolute Gasteiger partial charge is 0.381 e. The molecule has 1 atom stereocenters. The maximum atomic E-state index is 6.28. The second kappa shape index (κ2) is 8.57. The van der Waals surface area contributed by atoms with Crippen LogP contribution in [0.25, 0.3) is 0 Å². The van der Waals surface area contributed by atoms with E-state index in [2.05, 4.69) is 53.0 Å². The van der Waals surface area contributed by atoms with Crippen LogP contribution < -0.4 is 5.32 Å². The van der Waals surface area contributed by atoms with Crippen molar-refractivity contribution in [1.82, 2.24) is 5.32 Å². The molecule has 4 heteroatoms. The Balaban J connectivity index is 2.06. The van der Waals surface area contributed by atoms with E-state index in [1.165, 1.54) is 24.8 Å². The molecule has 0 spiro atoms. The van der Waals surface area contributed by atoms with E-state index in [0.717, 1.165) is 40.7 Å². The first-order valence-electron chi connectivity index (χ1n) is 7.46. The number of ether oxygens (including phenoxy) is 1. The van der Waals surface area contributed by atoms with Crippen molar-refractivity contribution in [3.63, 3.8) is 0 Å². The van der Waals surface area contributed by atoms with Gasteiger partial charge < -0.3 is 10.1 Å². The molecule has 20 heavy (non-hydrogen) atoms. The number of hydrogen-bond donors (Lipinski definition) is 1. The normalized spacial score (nSPS) is 18.1. The van der Waals surface area contributed by atoms with Gasteiger partial charge in [0.05, 0.1) is 5.02 Å². The topological polar surface area (TPSA) is 21.3 Å². The Labute approximate surface area is 140 Å². The highest BCUT2D eigenvalue weighted by atomic mass is 127. The maximum Gasteiger partial charge on any atom is 0.0542 e. The molecule has 0 aliphatic carbocycles. The van der Waals surface area contributed by atoms with Gasteiger partial charge >= 0.3 is 0 Å². The van der Waals surface area contributed by atoms with Crippen molar-refractivity contribution < 1.29 is 4.74 Å². The van der Waals surface area contributed by atoms with E-state index in [9.17, 15) is 0 Å². The van der Waals surface area contributed by atoms with E-state index >= 15 is 0 Å². The van der Waals surface area contributed by atoms with Gasteiger partial charge in [-0.05, 0) is 78.4 Å². The Kier molecular flexibility index (Phi) is 7.08. The molecule has 0 amide bonds. The van der Waals surface area contributed by atoms with Gasteiger partial charge in [0, 0.05) is 22.8 Å². The molecule has 0 radical (unpaired) electrons. The fourth-order valence-electron chi connectivity index (χ4n) is 2.70. The third kappa shape index (κ3) is 4.86. The third-order valence-corrected chi connectivity index (χ3v) is 5.47. The monoisotopic (exact) mass is 407 g/mol. The average molecular weight is 408 g/mol. The minimum atomic E-state index is 0.410. The van der Waals surface area contributed by atoms with Gasteiger partial charge in [0.25, 0.3) is 0 Å². The first-order chi connectivity index (χ1) is 9.70. The summed E-state index contributed by atoms with van der Waals surface area (Å²) in [6.07, 6.45) is 4.70. The van der Waals surface area contributed by atoms with E-state index < -0.39 is 0 Å². The molecule has 0 bridgehead atoms. The standard InChI is InChI=1S/C16H23ClINO/c1-2-7-19-16(10-12-5-8-20-9-6-12)13-3-4-15(18)14(17)11-13/h3-4,11-12,16,19H,2,5-10H2,1H3. The smallest absolute Gasteiger partial charge is 0.0542 e. The second-order valence-corrected chi connectivity index (χ2v) is 7.04. The number of hydrogen-bond acceptors (Lipinski definition) is 2. The SMILES string of the molecule is CCCNC(CC1CCOCC1)c1ccc(I)c(Cl)c1. The lowest BCUT2D eigenvalue weighted by molar-refractivity contribution is 0.0605. The summed E-state index contributed by atoms with van der Waals surface area (Å²) < 4.78 is 6.58. The number of halogens is 2. The maximum absolute atomic E-state index is 6.28. The van der Waals surface area contributed by atoms with Crippen LogP contribution in [0.3, 0.4) is 0 Å². The zero-order chi connectivity index (χ0) is 14.4. The Morgan fingerprint density at radius 3 is 2.80 bits per heavy atom. The summed E-state index contributed by atoms with van der Waals surface area (Å²) in [6.45, 7) is 5.09. The quantitative estimate of drug-likeness (QED) is 0.684. The Hall–Kier alpha value is 0.160. The van der Waals surface area contributed by atoms with Crippen LogP contribution in [0.1, 0.15) is 44.2 Å². The van der Waals surface area contributed by atoms with E-state index in [4.69, 9.17) is 16.3 Å². The van der Waals surface area contributed by atoms with Crippen LogP contribution in [0.5, 0.6) is 0 Å². The van der Waals surface area contributed by atoms with Gasteiger partial charge in [-0.2, -0.15) is 0 Å². The third-order valence-electron chi connectivity index (χ3n) is 3.90. The van der Waals surface area contributed by atoms with Gasteiger partial charge in [-0.25, -0.2) is 0 Å². The molecule has 0 saturated carbocycles. The van der Waals surface area contributed by atoms with Gasteiger partial charge in [-0.3, -0.25) is 0 Å². The molecule has 2 nitrogen and oxygen atoms in total. The second-order valence-electron chi connectivity index (χ2n) is 5.47. The molecule has 1 heterocycles. The summed E-state index contributed by atoms with van der Waals surface area (Å²) in [7, 11) is 0. The zero-order valence-electron chi connectivity index (χ0n) is 12.0. The molecule has 1 aliphatic rings. The fraction of sp³-hybridized carbons (Fsp3) is 0.625. The number of nitrogens with one attached hydrogen (secondary N) is 1. The van der Waals surface area contributed by atoms with Gasteiger partial charge in [0.2, 0.25) is 0 Å².